The molecular formula is C13H16N2O. The van der Waals surface area contributed by atoms with Gasteiger partial charge in [0.05, 0.1) is 6.61 Å². The van der Waals surface area contributed by atoms with Crippen molar-refractivity contribution in [1.82, 2.24) is 9.55 Å². The number of pyridine rings is 1. The number of aryl methyl sites for hydroxylation is 1. The maximum absolute atomic E-state index is 9.20. The van der Waals surface area contributed by atoms with E-state index in [1.165, 1.54) is 11.3 Å². The summed E-state index contributed by atoms with van der Waals surface area (Å²) in [6.07, 6.45) is 3.65. The highest BCUT2D eigenvalue weighted by Crippen LogP contribution is 2.16. The molecule has 2 heterocycles. The van der Waals surface area contributed by atoms with Crippen molar-refractivity contribution in [1.29, 1.82) is 0 Å². The molecule has 3 nitrogen and oxygen atoms in total. The summed E-state index contributed by atoms with van der Waals surface area (Å²) in [6, 6.07) is 6.03. The molecule has 0 fully saturated rings. The van der Waals surface area contributed by atoms with E-state index in [4.69, 9.17) is 0 Å². The number of rotatable bonds is 3. The lowest BCUT2D eigenvalue weighted by atomic mass is 10.2. The van der Waals surface area contributed by atoms with Crippen LogP contribution in [0.1, 0.15) is 22.5 Å². The average molecular weight is 216 g/mol. The zero-order chi connectivity index (χ0) is 11.5. The van der Waals surface area contributed by atoms with E-state index in [1.54, 1.807) is 6.20 Å². The number of aliphatic hydroxyl groups is 1. The summed E-state index contributed by atoms with van der Waals surface area (Å²) in [5.74, 6) is 0. The first kappa shape index (κ1) is 10.9. The molecule has 0 atom stereocenters. The van der Waals surface area contributed by atoms with E-state index in [0.717, 1.165) is 17.8 Å². The van der Waals surface area contributed by atoms with Crippen LogP contribution in [0, 0.1) is 13.8 Å². The SMILES string of the molecule is Cc1cc(CO)c(C)n1Cc1cccnc1. The Morgan fingerprint density at radius 3 is 2.75 bits per heavy atom. The fourth-order valence-electron chi connectivity index (χ4n) is 1.95. The Bertz CT molecular complexity index is 474. The number of aromatic nitrogens is 2. The van der Waals surface area contributed by atoms with Gasteiger partial charge in [-0.2, -0.15) is 0 Å². The first-order chi connectivity index (χ1) is 7.72. The van der Waals surface area contributed by atoms with E-state index in [1.807, 2.05) is 25.3 Å². The lowest BCUT2D eigenvalue weighted by Gasteiger charge is -2.09. The predicted molar refractivity (Wildman–Crippen MR) is 63.2 cm³/mol. The highest BCUT2D eigenvalue weighted by atomic mass is 16.3. The van der Waals surface area contributed by atoms with Crippen LogP contribution >= 0.6 is 0 Å². The molecule has 3 heteroatoms. The van der Waals surface area contributed by atoms with Crippen LogP contribution < -0.4 is 0 Å². The van der Waals surface area contributed by atoms with Gasteiger partial charge < -0.3 is 9.67 Å². The first-order valence-corrected chi connectivity index (χ1v) is 5.37. The van der Waals surface area contributed by atoms with Crippen molar-refractivity contribution in [2.75, 3.05) is 0 Å². The summed E-state index contributed by atoms with van der Waals surface area (Å²) in [5, 5.41) is 9.20. The van der Waals surface area contributed by atoms with Crippen LogP contribution in [-0.2, 0) is 13.2 Å². The minimum absolute atomic E-state index is 0.104. The molecule has 0 spiro atoms. The van der Waals surface area contributed by atoms with Gasteiger partial charge in [0.1, 0.15) is 0 Å². The Kier molecular flexibility index (Phi) is 3.06. The Labute approximate surface area is 95.4 Å². The van der Waals surface area contributed by atoms with Gasteiger partial charge in [-0.1, -0.05) is 6.07 Å². The van der Waals surface area contributed by atoms with Crippen molar-refractivity contribution in [2.45, 2.75) is 27.0 Å². The molecule has 0 aromatic carbocycles. The van der Waals surface area contributed by atoms with E-state index < -0.39 is 0 Å². The third-order valence-corrected chi connectivity index (χ3v) is 2.91. The van der Waals surface area contributed by atoms with Crippen LogP contribution in [0.5, 0.6) is 0 Å². The highest BCUT2D eigenvalue weighted by molar-refractivity contribution is 5.27. The number of nitrogens with zero attached hydrogens (tertiary/aromatic N) is 2. The predicted octanol–water partition coefficient (Wildman–Crippen LogP) is 2.04. The zero-order valence-corrected chi connectivity index (χ0v) is 9.64. The van der Waals surface area contributed by atoms with Gasteiger partial charge in [-0.3, -0.25) is 4.98 Å². The Morgan fingerprint density at radius 1 is 1.38 bits per heavy atom. The quantitative estimate of drug-likeness (QED) is 0.852. The molecule has 0 aliphatic rings. The Hall–Kier alpha value is -1.61. The molecule has 2 aromatic rings. The molecule has 0 aliphatic heterocycles. The number of aliphatic hydroxyl groups excluding tert-OH is 1. The molecule has 0 aliphatic carbocycles. The molecule has 0 saturated heterocycles. The highest BCUT2D eigenvalue weighted by Gasteiger charge is 2.08. The molecule has 2 aromatic heterocycles. The van der Waals surface area contributed by atoms with Gasteiger partial charge in [0.15, 0.2) is 0 Å². The standard InChI is InChI=1S/C13H16N2O/c1-10-6-13(9-16)11(2)15(10)8-12-4-3-5-14-7-12/h3-7,16H,8-9H2,1-2H3. The monoisotopic (exact) mass is 216 g/mol. The van der Waals surface area contributed by atoms with Gasteiger partial charge >= 0.3 is 0 Å². The zero-order valence-electron chi connectivity index (χ0n) is 9.64. The van der Waals surface area contributed by atoms with Gasteiger partial charge in [0.2, 0.25) is 0 Å². The second-order valence-corrected chi connectivity index (χ2v) is 4.00. The summed E-state index contributed by atoms with van der Waals surface area (Å²) in [7, 11) is 0. The molecular weight excluding hydrogens is 200 g/mol. The van der Waals surface area contributed by atoms with Crippen LogP contribution in [0.4, 0.5) is 0 Å². The summed E-state index contributed by atoms with van der Waals surface area (Å²) in [6.45, 7) is 5.01. The first-order valence-electron chi connectivity index (χ1n) is 5.37. The van der Waals surface area contributed by atoms with Crippen LogP contribution in [0.15, 0.2) is 30.6 Å². The molecule has 0 unspecified atom stereocenters. The summed E-state index contributed by atoms with van der Waals surface area (Å²) in [4.78, 5) is 4.10. The summed E-state index contributed by atoms with van der Waals surface area (Å²) >= 11 is 0. The van der Waals surface area contributed by atoms with Crippen LogP contribution in [-0.4, -0.2) is 14.7 Å². The van der Waals surface area contributed by atoms with Crippen molar-refractivity contribution >= 4 is 0 Å². The third-order valence-electron chi connectivity index (χ3n) is 2.91. The number of hydrogen-bond acceptors (Lipinski definition) is 2. The topological polar surface area (TPSA) is 38.0 Å². The van der Waals surface area contributed by atoms with Crippen molar-refractivity contribution in [3.8, 4) is 0 Å². The normalized spacial score (nSPS) is 10.7. The minimum Gasteiger partial charge on any atom is -0.392 e. The lowest BCUT2D eigenvalue weighted by molar-refractivity contribution is 0.281. The van der Waals surface area contributed by atoms with Gasteiger partial charge in [-0.05, 0) is 37.1 Å². The van der Waals surface area contributed by atoms with Gasteiger partial charge in [0, 0.05) is 30.3 Å². The second-order valence-electron chi connectivity index (χ2n) is 4.00. The van der Waals surface area contributed by atoms with E-state index >= 15 is 0 Å². The second kappa shape index (κ2) is 4.49. The molecule has 84 valence electrons. The number of hydrogen-bond donors (Lipinski definition) is 1. The molecule has 1 N–H and O–H groups in total. The van der Waals surface area contributed by atoms with Crippen LogP contribution in [0.2, 0.25) is 0 Å². The Balaban J connectivity index is 2.31. The molecule has 2 rings (SSSR count). The van der Waals surface area contributed by atoms with Gasteiger partial charge in [-0.15, -0.1) is 0 Å². The molecule has 0 amide bonds. The largest absolute Gasteiger partial charge is 0.392 e. The molecule has 16 heavy (non-hydrogen) atoms. The van der Waals surface area contributed by atoms with Crippen molar-refractivity contribution in [3.63, 3.8) is 0 Å². The van der Waals surface area contributed by atoms with Gasteiger partial charge in [-0.25, -0.2) is 0 Å². The maximum atomic E-state index is 9.20. The van der Waals surface area contributed by atoms with E-state index in [0.29, 0.717) is 0 Å². The molecule has 0 bridgehead atoms. The van der Waals surface area contributed by atoms with Crippen LogP contribution in [0.3, 0.4) is 0 Å². The van der Waals surface area contributed by atoms with Crippen LogP contribution in [0.25, 0.3) is 0 Å². The van der Waals surface area contributed by atoms with Gasteiger partial charge in [0.25, 0.3) is 0 Å². The van der Waals surface area contributed by atoms with E-state index in [9.17, 15) is 5.11 Å². The smallest absolute Gasteiger partial charge is 0.0699 e. The minimum atomic E-state index is 0.104. The summed E-state index contributed by atoms with van der Waals surface area (Å²) < 4.78 is 2.20. The van der Waals surface area contributed by atoms with E-state index in [2.05, 4.69) is 22.5 Å². The summed E-state index contributed by atoms with van der Waals surface area (Å²) in [5.41, 5.74) is 4.48. The third kappa shape index (κ3) is 1.99. The average Bonchev–Trinajstić information content (AvgIpc) is 2.58. The van der Waals surface area contributed by atoms with Crippen molar-refractivity contribution in [3.05, 3.63) is 53.1 Å². The fourth-order valence-corrected chi connectivity index (χ4v) is 1.95. The fraction of sp³-hybridized carbons (Fsp3) is 0.308. The van der Waals surface area contributed by atoms with E-state index in [-0.39, 0.29) is 6.61 Å². The van der Waals surface area contributed by atoms with Crippen molar-refractivity contribution in [2.24, 2.45) is 0 Å². The molecule has 0 saturated carbocycles. The maximum Gasteiger partial charge on any atom is 0.0699 e. The Morgan fingerprint density at radius 2 is 2.19 bits per heavy atom. The van der Waals surface area contributed by atoms with Crippen molar-refractivity contribution < 1.29 is 5.11 Å². The molecule has 0 radical (unpaired) electrons. The lowest BCUT2D eigenvalue weighted by Crippen LogP contribution is -2.04.